The van der Waals surface area contributed by atoms with Crippen LogP contribution in [0.4, 0.5) is 0 Å². The number of phenolic OH excluding ortho intramolecular Hbond substituents is 3. The van der Waals surface area contributed by atoms with Gasteiger partial charge in [0.1, 0.15) is 33.8 Å². The first kappa shape index (κ1) is 30.4. The summed E-state index contributed by atoms with van der Waals surface area (Å²) in [7, 11) is 0. The Morgan fingerprint density at radius 2 is 0.675 bits per heavy atom. The van der Waals surface area contributed by atoms with Crippen LogP contribution in [0.1, 0.15) is 33.4 Å². The van der Waals surface area contributed by atoms with Crippen molar-refractivity contribution in [1.29, 1.82) is 0 Å². The van der Waals surface area contributed by atoms with Gasteiger partial charge in [0.25, 0.3) is 0 Å². The molecule has 0 aliphatic heterocycles. The highest BCUT2D eigenvalue weighted by Gasteiger charge is 2.06. The van der Waals surface area contributed by atoms with Gasteiger partial charge in [0.15, 0.2) is 0 Å². The predicted octanol–water partition coefficient (Wildman–Crippen LogP) is 7.29. The van der Waals surface area contributed by atoms with Gasteiger partial charge in [-0.1, -0.05) is 36.4 Å². The highest BCUT2D eigenvalue weighted by Crippen LogP contribution is 2.27. The topological polar surface area (TPSA) is 99.4 Å². The fraction of sp³-hybridized carbons (Fsp3) is 0.182. The maximum Gasteiger partial charge on any atom is 0.141 e. The summed E-state index contributed by atoms with van der Waals surface area (Å²) in [6.07, 6.45) is 5.37. The van der Waals surface area contributed by atoms with E-state index in [0.717, 1.165) is 32.8 Å². The molecule has 0 aliphatic carbocycles. The van der Waals surface area contributed by atoms with Crippen LogP contribution < -0.4 is 0 Å². The third-order valence-corrected chi connectivity index (χ3v) is 7.19. The number of fused-ring (bicyclic) bond motifs is 3. The molecule has 0 spiro atoms. The Morgan fingerprint density at radius 1 is 0.425 bits per heavy atom. The lowest BCUT2D eigenvalue weighted by atomic mass is 10.1. The maximum atomic E-state index is 9.52. The zero-order valence-corrected chi connectivity index (χ0v) is 24.8. The lowest BCUT2D eigenvalue weighted by Gasteiger charge is -2.05. The standard InChI is InChI=1S/3C11H11NO.Al/c3*1-7-6-12-11-9(8(7)2)4-3-5-10(11)13;/h3*3-6,13H,1-2H3;. The molecule has 0 atom stereocenters. The van der Waals surface area contributed by atoms with Crippen molar-refractivity contribution in [3.8, 4) is 17.2 Å². The smallest absolute Gasteiger partial charge is 0.141 e. The van der Waals surface area contributed by atoms with E-state index in [1.165, 1.54) is 16.7 Å². The van der Waals surface area contributed by atoms with E-state index in [1.54, 1.807) is 36.8 Å². The van der Waals surface area contributed by atoms with Crippen LogP contribution in [-0.2, 0) is 0 Å². The molecule has 0 aliphatic rings. The minimum absolute atomic E-state index is 0. The van der Waals surface area contributed by atoms with E-state index in [-0.39, 0.29) is 34.6 Å². The summed E-state index contributed by atoms with van der Waals surface area (Å²) in [5.41, 5.74) is 9.05. The Balaban J connectivity index is 0.000000163. The summed E-state index contributed by atoms with van der Waals surface area (Å²) in [6, 6.07) is 16.4. The first-order valence-electron chi connectivity index (χ1n) is 12.7. The molecule has 40 heavy (non-hydrogen) atoms. The summed E-state index contributed by atoms with van der Waals surface area (Å²) in [5.74, 6) is 0.752. The summed E-state index contributed by atoms with van der Waals surface area (Å²) < 4.78 is 0. The van der Waals surface area contributed by atoms with Crippen molar-refractivity contribution < 1.29 is 15.3 Å². The van der Waals surface area contributed by atoms with Gasteiger partial charge in [-0.25, -0.2) is 0 Å². The number of rotatable bonds is 0. The fourth-order valence-electron chi connectivity index (χ4n) is 4.32. The number of benzene rings is 3. The summed E-state index contributed by atoms with van der Waals surface area (Å²) >= 11 is 0. The van der Waals surface area contributed by atoms with E-state index in [2.05, 4.69) is 15.0 Å². The van der Waals surface area contributed by atoms with Crippen LogP contribution in [0.3, 0.4) is 0 Å². The van der Waals surface area contributed by atoms with Crippen molar-refractivity contribution in [3.63, 3.8) is 0 Å². The van der Waals surface area contributed by atoms with Crippen molar-refractivity contribution in [3.05, 3.63) is 107 Å². The van der Waals surface area contributed by atoms with E-state index >= 15 is 0 Å². The minimum Gasteiger partial charge on any atom is -0.506 e. The van der Waals surface area contributed by atoms with E-state index in [4.69, 9.17) is 0 Å². The van der Waals surface area contributed by atoms with Crippen molar-refractivity contribution in [2.75, 3.05) is 0 Å². The Labute approximate surface area is 245 Å². The largest absolute Gasteiger partial charge is 0.506 e. The van der Waals surface area contributed by atoms with Gasteiger partial charge in [-0.05, 0) is 93.1 Å². The van der Waals surface area contributed by atoms with E-state index in [0.29, 0.717) is 16.6 Å². The van der Waals surface area contributed by atoms with Gasteiger partial charge in [-0.2, -0.15) is 0 Å². The van der Waals surface area contributed by atoms with Crippen molar-refractivity contribution in [1.82, 2.24) is 15.0 Å². The number of aromatic hydroxyl groups is 3. The zero-order chi connectivity index (χ0) is 28.3. The molecule has 3 heterocycles. The first-order valence-corrected chi connectivity index (χ1v) is 12.7. The number of aromatic nitrogens is 3. The number of hydrogen-bond acceptors (Lipinski definition) is 6. The first-order chi connectivity index (χ1) is 18.6. The minimum atomic E-state index is 0. The molecule has 0 bridgehead atoms. The van der Waals surface area contributed by atoms with Crippen LogP contribution in [0.5, 0.6) is 17.2 Å². The number of phenols is 3. The Bertz CT molecular complexity index is 1610. The molecule has 0 saturated heterocycles. The van der Waals surface area contributed by atoms with Gasteiger partial charge in [0.2, 0.25) is 0 Å². The highest BCUT2D eigenvalue weighted by molar-refractivity contribution is 5.89. The molecule has 6 nitrogen and oxygen atoms in total. The van der Waals surface area contributed by atoms with E-state index < -0.39 is 0 Å². The maximum absolute atomic E-state index is 9.52. The van der Waals surface area contributed by atoms with Gasteiger partial charge in [-0.3, -0.25) is 15.0 Å². The van der Waals surface area contributed by atoms with Crippen LogP contribution in [0.2, 0.25) is 0 Å². The zero-order valence-electron chi connectivity index (χ0n) is 23.7. The van der Waals surface area contributed by atoms with Gasteiger partial charge in [0, 0.05) is 52.1 Å². The Kier molecular flexibility index (Phi) is 9.70. The fourth-order valence-corrected chi connectivity index (χ4v) is 4.32. The number of para-hydroxylation sites is 3. The third kappa shape index (κ3) is 6.17. The van der Waals surface area contributed by atoms with E-state index in [9.17, 15) is 15.3 Å². The van der Waals surface area contributed by atoms with Crippen molar-refractivity contribution in [2.45, 2.75) is 41.5 Å². The monoisotopic (exact) mass is 546 g/mol. The second-order valence-electron chi connectivity index (χ2n) is 9.72. The van der Waals surface area contributed by atoms with Crippen LogP contribution in [-0.4, -0.2) is 47.6 Å². The van der Waals surface area contributed by atoms with Gasteiger partial charge in [0.05, 0.1) is 0 Å². The molecule has 6 aromatic rings. The second kappa shape index (κ2) is 12.8. The third-order valence-electron chi connectivity index (χ3n) is 7.19. The average molecular weight is 547 g/mol. The van der Waals surface area contributed by atoms with Gasteiger partial charge >= 0.3 is 0 Å². The number of pyridine rings is 3. The van der Waals surface area contributed by atoms with Crippen molar-refractivity contribution in [2.24, 2.45) is 0 Å². The molecule has 3 aromatic carbocycles. The molecule has 0 unspecified atom stereocenters. The summed E-state index contributed by atoms with van der Waals surface area (Å²) in [6.45, 7) is 12.2. The molecule has 3 N–H and O–H groups in total. The lowest BCUT2D eigenvalue weighted by Crippen LogP contribution is -1.87. The van der Waals surface area contributed by atoms with Crippen LogP contribution in [0.15, 0.2) is 73.2 Å². The molecule has 3 aromatic heterocycles. The summed E-state index contributed by atoms with van der Waals surface area (Å²) in [5, 5.41) is 31.7. The molecule has 6 rings (SSSR count). The average Bonchev–Trinajstić information content (AvgIpc) is 2.92. The predicted molar refractivity (Wildman–Crippen MR) is 164 cm³/mol. The Morgan fingerprint density at radius 3 is 0.925 bits per heavy atom. The molecule has 0 amide bonds. The SMILES string of the molecule is Cc1cnc2c(O)cccc2c1C.Cc1cnc2c(O)cccc2c1C.Cc1cnc2c(O)cccc2c1C.[Al]. The highest BCUT2D eigenvalue weighted by atomic mass is 27.0. The van der Waals surface area contributed by atoms with Crippen LogP contribution in [0.25, 0.3) is 32.7 Å². The van der Waals surface area contributed by atoms with Gasteiger partial charge < -0.3 is 15.3 Å². The van der Waals surface area contributed by atoms with Crippen molar-refractivity contribution >= 4 is 50.1 Å². The molecular weight excluding hydrogens is 513 g/mol. The number of nitrogens with zero attached hydrogens (tertiary/aromatic N) is 3. The van der Waals surface area contributed by atoms with Crippen LogP contribution in [0, 0.1) is 41.5 Å². The molecule has 0 saturated carbocycles. The van der Waals surface area contributed by atoms with E-state index in [1.807, 2.05) is 77.9 Å². The number of aryl methyl sites for hydroxylation is 6. The van der Waals surface area contributed by atoms with Crippen LogP contribution >= 0.6 is 0 Å². The molecule has 3 radical (unpaired) electrons. The number of hydrogen-bond donors (Lipinski definition) is 3. The molecule has 7 heteroatoms. The summed E-state index contributed by atoms with van der Waals surface area (Å²) in [4.78, 5) is 12.6. The molecule has 201 valence electrons. The quantitative estimate of drug-likeness (QED) is 0.173. The second-order valence-corrected chi connectivity index (χ2v) is 9.72. The Hall–Kier alpha value is -4.18. The molecular formula is C33H33AlN3O3. The normalized spacial score (nSPS) is 10.3. The molecule has 0 fully saturated rings. The van der Waals surface area contributed by atoms with Gasteiger partial charge in [-0.15, -0.1) is 0 Å². The lowest BCUT2D eigenvalue weighted by molar-refractivity contribution is 0.480.